The van der Waals surface area contributed by atoms with Gasteiger partial charge in [-0.2, -0.15) is 0 Å². The van der Waals surface area contributed by atoms with Crippen LogP contribution in [0.15, 0.2) is 109 Å². The second-order valence-electron chi connectivity index (χ2n) is 20.9. The molecule has 0 radical (unpaired) electrons. The molecule has 5 rings (SSSR count). The van der Waals surface area contributed by atoms with Crippen molar-refractivity contribution in [1.82, 2.24) is 31.5 Å². The third kappa shape index (κ3) is 18.0. The summed E-state index contributed by atoms with van der Waals surface area (Å²) in [6.07, 6.45) is 0.665. The fourth-order valence-electron chi connectivity index (χ4n) is 8.61. The zero-order valence-corrected chi connectivity index (χ0v) is 46.4. The molecule has 1 aliphatic rings. The highest BCUT2D eigenvalue weighted by Crippen LogP contribution is 2.31. The predicted molar refractivity (Wildman–Crippen MR) is 303 cm³/mol. The molecule has 10 N–H and O–H groups in total. The molecule has 3 unspecified atom stereocenters. The molecule has 1 heterocycles. The van der Waals surface area contributed by atoms with Crippen molar-refractivity contribution in [2.24, 2.45) is 11.1 Å². The van der Waals surface area contributed by atoms with Gasteiger partial charge in [0.1, 0.15) is 18.7 Å². The quantitative estimate of drug-likeness (QED) is 0.0254. The molecule has 0 fully saturated rings. The number of nitrogens with two attached hydrogens (primary N) is 1. The minimum absolute atomic E-state index is 0.0345. The van der Waals surface area contributed by atoms with Gasteiger partial charge in [-0.05, 0) is 91.4 Å². The van der Waals surface area contributed by atoms with Crippen molar-refractivity contribution in [3.8, 4) is 11.8 Å². The number of rotatable bonds is 24. The van der Waals surface area contributed by atoms with Crippen LogP contribution in [0.5, 0.6) is 0 Å². The average Bonchev–Trinajstić information content (AvgIpc) is 3.41. The van der Waals surface area contributed by atoms with Crippen molar-refractivity contribution in [1.29, 1.82) is 0 Å². The van der Waals surface area contributed by atoms with Crippen LogP contribution < -0.4 is 47.9 Å². The first-order chi connectivity index (χ1) is 37.9. The molecule has 0 saturated carbocycles. The van der Waals surface area contributed by atoms with Gasteiger partial charge in [0.2, 0.25) is 35.4 Å². The molecule has 0 bridgehead atoms. The molecule has 0 saturated heterocycles. The Morgan fingerprint density at radius 3 is 2.12 bits per heavy atom. The van der Waals surface area contributed by atoms with E-state index in [9.17, 15) is 48.3 Å². The molecule has 21 nitrogen and oxygen atoms in total. The summed E-state index contributed by atoms with van der Waals surface area (Å²) in [6, 6.07) is 24.5. The van der Waals surface area contributed by atoms with Crippen LogP contribution in [0.4, 0.5) is 26.7 Å². The third-order valence-electron chi connectivity index (χ3n) is 13.3. The highest BCUT2D eigenvalue weighted by molar-refractivity contribution is 5.99. The van der Waals surface area contributed by atoms with E-state index in [2.05, 4.69) is 49.1 Å². The number of fused-ring (bicyclic) bond motifs is 2. The molecule has 80 heavy (non-hydrogen) atoms. The zero-order chi connectivity index (χ0) is 58.7. The Morgan fingerprint density at radius 1 is 0.775 bits per heavy atom. The van der Waals surface area contributed by atoms with E-state index in [1.54, 1.807) is 60.5 Å². The van der Waals surface area contributed by atoms with Gasteiger partial charge in [0.05, 0.1) is 24.8 Å². The maximum Gasteiger partial charge on any atom is 0.411 e. The number of carbonyl (C=O) groups is 9. The maximum atomic E-state index is 14.0. The zero-order valence-electron chi connectivity index (χ0n) is 46.4. The van der Waals surface area contributed by atoms with E-state index >= 15 is 0 Å². The van der Waals surface area contributed by atoms with Gasteiger partial charge in [-0.1, -0.05) is 107 Å². The average molecular weight is 1100 g/mol. The van der Waals surface area contributed by atoms with Crippen LogP contribution in [-0.2, 0) is 56.9 Å². The number of ether oxygens (including phenoxy) is 1. The number of likely N-dealkylation sites (N-methyl/N-ethyl adjacent to an activating group) is 2. The summed E-state index contributed by atoms with van der Waals surface area (Å²) >= 11 is 0. The topological polar surface area (TPSA) is 300 Å². The number of hydrogen-bond donors (Lipinski definition) is 9. The van der Waals surface area contributed by atoms with E-state index in [1.165, 1.54) is 24.9 Å². The van der Waals surface area contributed by atoms with Gasteiger partial charge >= 0.3 is 18.1 Å². The first-order valence-corrected chi connectivity index (χ1v) is 26.0. The Hall–Kier alpha value is -9.03. The van der Waals surface area contributed by atoms with Crippen LogP contribution in [-0.4, -0.2) is 115 Å². The number of carboxylic acid groups (broad SMARTS) is 1. The van der Waals surface area contributed by atoms with E-state index in [0.29, 0.717) is 33.8 Å². The lowest BCUT2D eigenvalue weighted by atomic mass is 9.76. The number of nitrogens with zero attached hydrogens (tertiary/aromatic N) is 2. The van der Waals surface area contributed by atoms with E-state index in [4.69, 9.17) is 10.5 Å². The van der Waals surface area contributed by atoms with Crippen molar-refractivity contribution < 1.29 is 53.0 Å². The summed E-state index contributed by atoms with van der Waals surface area (Å²) in [5.41, 5.74) is 8.66. The first-order valence-electron chi connectivity index (χ1n) is 26.0. The predicted octanol–water partition coefficient (Wildman–Crippen LogP) is 5.04. The monoisotopic (exact) mass is 1100 g/mol. The number of para-hydroxylation sites is 1. The molecule has 9 amide bonds. The summed E-state index contributed by atoms with van der Waals surface area (Å²) in [7, 11) is 3.17. The van der Waals surface area contributed by atoms with E-state index in [0.717, 1.165) is 11.1 Å². The molecular formula is C59H72N10O11. The van der Waals surface area contributed by atoms with Gasteiger partial charge in [-0.25, -0.2) is 14.4 Å². The molecule has 4 aromatic rings. The number of carboxylic acids is 1. The Labute approximate surface area is 466 Å². The maximum absolute atomic E-state index is 14.0. The van der Waals surface area contributed by atoms with E-state index < -0.39 is 83.1 Å². The van der Waals surface area contributed by atoms with Crippen LogP contribution in [0.2, 0.25) is 0 Å². The number of amides is 9. The number of urea groups is 1. The van der Waals surface area contributed by atoms with E-state index in [1.807, 2.05) is 83.1 Å². The van der Waals surface area contributed by atoms with Crippen LogP contribution >= 0.6 is 0 Å². The summed E-state index contributed by atoms with van der Waals surface area (Å²) in [6.45, 7) is 10.4. The van der Waals surface area contributed by atoms with Gasteiger partial charge in [0.15, 0.2) is 0 Å². The van der Waals surface area contributed by atoms with Crippen molar-refractivity contribution in [2.45, 2.75) is 104 Å². The molecule has 4 aromatic carbocycles. The van der Waals surface area contributed by atoms with Crippen LogP contribution in [0, 0.1) is 17.3 Å². The van der Waals surface area contributed by atoms with Crippen molar-refractivity contribution in [3.63, 3.8) is 0 Å². The second kappa shape index (κ2) is 28.6. The minimum Gasteiger partial charge on any atom is -0.478 e. The Bertz CT molecular complexity index is 3030. The Morgan fingerprint density at radius 2 is 1.45 bits per heavy atom. The summed E-state index contributed by atoms with van der Waals surface area (Å²) in [5, 5.41) is 28.3. The Kier molecular flexibility index (Phi) is 22.1. The highest BCUT2D eigenvalue weighted by Gasteiger charge is 2.41. The SMILES string of the molecule is CNC(C(=O)NC(C(=O)N(C)C/C=C(\C)C(=O)O)C(C)(C)C)C(C)(C)c1cccc(NC(=O)OCc2ccc(NC(=O)C(CCCNC(N)=O)NC(=O)CNC(=O)CCC(=O)N3Cc4ccccc4C#Cc4ccccc43)cc2)c1. The smallest absolute Gasteiger partial charge is 0.411 e. The lowest BCUT2D eigenvalue weighted by Gasteiger charge is -2.38. The number of aliphatic carboxylic acids is 1. The summed E-state index contributed by atoms with van der Waals surface area (Å²) in [4.78, 5) is 120. The Balaban J connectivity index is 1.12. The third-order valence-corrected chi connectivity index (χ3v) is 13.3. The van der Waals surface area contributed by atoms with Crippen molar-refractivity contribution in [2.75, 3.05) is 49.3 Å². The largest absolute Gasteiger partial charge is 0.478 e. The molecule has 0 spiro atoms. The normalized spacial score (nSPS) is 13.1. The fourth-order valence-corrected chi connectivity index (χ4v) is 8.61. The summed E-state index contributed by atoms with van der Waals surface area (Å²) in [5.74, 6) is 2.27. The standard InChI is InChI=1S/C59H72N10O11/c1-37(55(76)77)30-32-68(8)54(75)51(58(2,3)4)67-53(74)50(61-7)59(5,6)42-18-13-19-44(33-42)65-57(79)80-36-38-22-26-43(27-23-38)64-52(73)45(20-14-31-62-56(60)78)66-48(71)34-63-47(70)28-29-49(72)69-35-41-17-10-9-15-39(41)24-25-40-16-11-12-21-46(40)69/h9-13,15-19,21-23,26-27,30,33,45,50-51,61H,14,20,28-29,31-32,34-36H2,1-8H3,(H,63,70)(H,64,73)(H,65,79)(H,66,71)(H,67,74)(H,76,77)(H3,60,62,78)/b37-30+. The molecule has 424 valence electrons. The number of benzene rings is 4. The molecule has 0 aromatic heterocycles. The second-order valence-corrected chi connectivity index (χ2v) is 20.9. The van der Waals surface area contributed by atoms with Crippen molar-refractivity contribution >= 4 is 70.6 Å². The lowest BCUT2D eigenvalue weighted by Crippen LogP contribution is -2.60. The highest BCUT2D eigenvalue weighted by atomic mass is 16.5. The number of primary amides is 1. The van der Waals surface area contributed by atoms with Crippen molar-refractivity contribution in [3.05, 3.63) is 137 Å². The van der Waals surface area contributed by atoms with Gasteiger partial charge in [0.25, 0.3) is 0 Å². The van der Waals surface area contributed by atoms with Crippen LogP contribution in [0.25, 0.3) is 0 Å². The minimum atomic E-state index is -1.10. The molecule has 3 atom stereocenters. The molecule has 21 heteroatoms. The fraction of sp³-hybridized carbons (Fsp3) is 0.373. The molecular weight excluding hydrogens is 1020 g/mol. The van der Waals surface area contributed by atoms with Crippen LogP contribution in [0.3, 0.4) is 0 Å². The van der Waals surface area contributed by atoms with Crippen LogP contribution in [0.1, 0.15) is 95.0 Å². The van der Waals surface area contributed by atoms with Gasteiger partial charge < -0.3 is 57.3 Å². The first kappa shape index (κ1) is 61.8. The van der Waals surface area contributed by atoms with Gasteiger partial charge in [-0.3, -0.25) is 34.1 Å². The van der Waals surface area contributed by atoms with E-state index in [-0.39, 0.29) is 63.4 Å². The molecule has 0 aliphatic carbocycles. The number of carbonyl (C=O) groups excluding carboxylic acids is 8. The summed E-state index contributed by atoms with van der Waals surface area (Å²) < 4.78 is 5.50. The van der Waals surface area contributed by atoms with Gasteiger partial charge in [-0.15, -0.1) is 0 Å². The number of nitrogens with one attached hydrogen (secondary N) is 7. The number of hydrogen-bond acceptors (Lipinski definition) is 11. The number of anilines is 3. The lowest BCUT2D eigenvalue weighted by molar-refractivity contribution is -0.139. The van der Waals surface area contributed by atoms with Gasteiger partial charge in [0, 0.05) is 66.5 Å². The molecule has 1 aliphatic heterocycles.